The number of ether oxygens (including phenoxy) is 3. The number of alkyl carbamates (subject to hydrolysis) is 2. The number of nitrogens with zero attached hydrogens (tertiary/aromatic N) is 1. The largest absolute Gasteiger partial charge is 0.445 e. The number of benzene rings is 2. The Morgan fingerprint density at radius 3 is 1.77 bits per heavy atom. The van der Waals surface area contributed by atoms with Crippen LogP contribution >= 0.6 is 0 Å². The van der Waals surface area contributed by atoms with Gasteiger partial charge in [0.2, 0.25) is 0 Å². The zero-order valence-corrected chi connectivity index (χ0v) is 25.9. The van der Waals surface area contributed by atoms with Crippen molar-refractivity contribution < 1.29 is 28.9 Å². The molecule has 0 radical (unpaired) electrons. The van der Waals surface area contributed by atoms with Gasteiger partial charge in [-0.25, -0.2) is 9.59 Å². The van der Waals surface area contributed by atoms with E-state index >= 15 is 0 Å². The number of rotatable bonds is 10. The first kappa shape index (κ1) is 33.7. The first-order valence-corrected chi connectivity index (χ1v) is 16.1. The van der Waals surface area contributed by atoms with Gasteiger partial charge in [-0.1, -0.05) is 60.7 Å². The molecule has 0 unspecified atom stereocenters. The zero-order chi connectivity index (χ0) is 30.9. The van der Waals surface area contributed by atoms with Crippen molar-refractivity contribution in [3.63, 3.8) is 0 Å². The van der Waals surface area contributed by atoms with Crippen molar-refractivity contribution in [2.75, 3.05) is 59.0 Å². The fraction of sp³-hybridized carbons (Fsp3) is 0.588. The number of carbonyl (C=O) groups is 2. The molecule has 0 bridgehead atoms. The highest BCUT2D eigenvalue weighted by atomic mass is 16.6. The minimum absolute atomic E-state index is 0.299. The van der Waals surface area contributed by atoms with Crippen LogP contribution in [0.3, 0.4) is 0 Å². The predicted octanol–water partition coefficient (Wildman–Crippen LogP) is 4.08. The quantitative estimate of drug-likeness (QED) is 0.318. The standard InChI is InChI=1S/C20H30N2O4.C14H20N2O2/c23-19(26-15-18-4-2-1-3-5-18)21-14-17-6-10-22(11-7-17)16-20(24)8-12-25-13-9-20;17-14(16-10-12-6-8-15-9-7-12)18-11-13-4-2-1-3-5-13/h1-5,17,24H,6-16H2,(H,21,23);1-5,12,15H,6-11H2,(H,16,17). The predicted molar refractivity (Wildman–Crippen MR) is 169 cm³/mol. The molecule has 2 aromatic carbocycles. The third kappa shape index (κ3) is 12.8. The van der Waals surface area contributed by atoms with Crippen molar-refractivity contribution in [1.82, 2.24) is 20.9 Å². The minimum atomic E-state index is -0.593. The second kappa shape index (κ2) is 18.6. The number of likely N-dealkylation sites (tertiary alicyclic amines) is 1. The van der Waals surface area contributed by atoms with Crippen molar-refractivity contribution in [3.05, 3.63) is 71.8 Å². The van der Waals surface area contributed by atoms with E-state index in [9.17, 15) is 14.7 Å². The molecule has 242 valence electrons. The fourth-order valence-corrected chi connectivity index (χ4v) is 5.76. The van der Waals surface area contributed by atoms with E-state index in [2.05, 4.69) is 20.9 Å². The van der Waals surface area contributed by atoms with Crippen molar-refractivity contribution >= 4 is 12.2 Å². The van der Waals surface area contributed by atoms with E-state index in [1.165, 1.54) is 0 Å². The lowest BCUT2D eigenvalue weighted by molar-refractivity contribution is -0.0829. The summed E-state index contributed by atoms with van der Waals surface area (Å²) in [6.07, 6.45) is 5.09. The van der Waals surface area contributed by atoms with Crippen LogP contribution in [0.25, 0.3) is 0 Å². The van der Waals surface area contributed by atoms with Gasteiger partial charge in [-0.2, -0.15) is 0 Å². The average molecular weight is 611 g/mol. The summed E-state index contributed by atoms with van der Waals surface area (Å²) in [7, 11) is 0. The van der Waals surface area contributed by atoms with Gasteiger partial charge in [0.1, 0.15) is 13.2 Å². The van der Waals surface area contributed by atoms with Crippen LogP contribution in [-0.4, -0.2) is 86.8 Å². The van der Waals surface area contributed by atoms with Gasteiger partial charge in [0.05, 0.1) is 5.60 Å². The molecule has 3 saturated heterocycles. The summed E-state index contributed by atoms with van der Waals surface area (Å²) in [5.74, 6) is 1.05. The highest BCUT2D eigenvalue weighted by Gasteiger charge is 2.33. The van der Waals surface area contributed by atoms with Gasteiger partial charge in [0, 0.05) is 45.7 Å². The zero-order valence-electron chi connectivity index (χ0n) is 25.9. The third-order valence-electron chi connectivity index (χ3n) is 8.60. The molecule has 0 spiro atoms. The topological polar surface area (TPSA) is 121 Å². The van der Waals surface area contributed by atoms with Crippen LogP contribution in [0.1, 0.15) is 49.7 Å². The van der Waals surface area contributed by atoms with Crippen molar-refractivity contribution in [1.29, 1.82) is 0 Å². The normalized spacial score (nSPS) is 19.2. The molecule has 2 amide bonds. The Labute approximate surface area is 261 Å². The van der Waals surface area contributed by atoms with Crippen LogP contribution in [0.15, 0.2) is 60.7 Å². The molecular formula is C34H50N4O6. The number of hydrogen-bond acceptors (Lipinski definition) is 8. The number of aliphatic hydroxyl groups is 1. The number of hydrogen-bond donors (Lipinski definition) is 4. The van der Waals surface area contributed by atoms with Gasteiger partial charge >= 0.3 is 12.2 Å². The Morgan fingerprint density at radius 1 is 0.795 bits per heavy atom. The van der Waals surface area contributed by atoms with E-state index in [-0.39, 0.29) is 12.2 Å². The Balaban J connectivity index is 0.000000215. The maximum Gasteiger partial charge on any atom is 0.407 e. The Bertz CT molecular complexity index is 1090. The summed E-state index contributed by atoms with van der Waals surface area (Å²) in [4.78, 5) is 25.7. The molecule has 0 saturated carbocycles. The van der Waals surface area contributed by atoms with Crippen LogP contribution in [-0.2, 0) is 27.4 Å². The van der Waals surface area contributed by atoms with Crippen LogP contribution < -0.4 is 16.0 Å². The average Bonchev–Trinajstić information content (AvgIpc) is 3.07. The summed E-state index contributed by atoms with van der Waals surface area (Å²) >= 11 is 0. The number of nitrogens with one attached hydrogen (secondary N) is 3. The van der Waals surface area contributed by atoms with E-state index in [1.807, 2.05) is 60.7 Å². The lowest BCUT2D eigenvalue weighted by atomic mass is 9.91. The van der Waals surface area contributed by atoms with E-state index in [0.29, 0.717) is 44.8 Å². The highest BCUT2D eigenvalue weighted by Crippen LogP contribution is 2.25. The van der Waals surface area contributed by atoms with Crippen LogP contribution in [0.4, 0.5) is 9.59 Å². The summed E-state index contributed by atoms with van der Waals surface area (Å²) in [5.41, 5.74) is 1.40. The van der Waals surface area contributed by atoms with Gasteiger partial charge in [-0.3, -0.25) is 0 Å². The summed E-state index contributed by atoms with van der Waals surface area (Å²) < 4.78 is 15.7. The van der Waals surface area contributed by atoms with Gasteiger partial charge in [-0.05, 0) is 74.8 Å². The van der Waals surface area contributed by atoms with Crippen LogP contribution in [0.2, 0.25) is 0 Å². The van der Waals surface area contributed by atoms with Gasteiger partial charge in [0.15, 0.2) is 0 Å². The molecular weight excluding hydrogens is 560 g/mol. The second-order valence-corrected chi connectivity index (χ2v) is 12.1. The van der Waals surface area contributed by atoms with E-state index in [1.54, 1.807) is 0 Å². The summed E-state index contributed by atoms with van der Waals surface area (Å²) in [6, 6.07) is 19.4. The number of β-amino-alcohol motifs (C(OH)–C–C–N with tert-alkyl or cyclic N) is 1. The summed E-state index contributed by atoms with van der Waals surface area (Å²) in [6.45, 7) is 8.07. The molecule has 5 rings (SSSR count). The smallest absolute Gasteiger partial charge is 0.407 e. The molecule has 3 heterocycles. The van der Waals surface area contributed by atoms with Crippen LogP contribution in [0.5, 0.6) is 0 Å². The van der Waals surface area contributed by atoms with E-state index in [0.717, 1.165) is 88.9 Å². The van der Waals surface area contributed by atoms with E-state index < -0.39 is 5.60 Å². The third-order valence-corrected chi connectivity index (χ3v) is 8.60. The molecule has 4 N–H and O–H groups in total. The number of piperidine rings is 2. The molecule has 3 aliphatic rings. The SMILES string of the molecule is O=C(NCC1CCN(CC2(O)CCOCC2)CC1)OCc1ccccc1.O=C(NCC1CCNCC1)OCc1ccccc1. The van der Waals surface area contributed by atoms with Gasteiger partial charge in [-0.15, -0.1) is 0 Å². The molecule has 0 atom stereocenters. The van der Waals surface area contributed by atoms with Gasteiger partial charge < -0.3 is 40.2 Å². The molecule has 10 heteroatoms. The minimum Gasteiger partial charge on any atom is -0.445 e. The molecule has 3 aliphatic heterocycles. The first-order chi connectivity index (χ1) is 21.5. The molecule has 0 aromatic heterocycles. The second-order valence-electron chi connectivity index (χ2n) is 12.1. The molecule has 3 fully saturated rings. The molecule has 10 nitrogen and oxygen atoms in total. The Morgan fingerprint density at radius 2 is 1.27 bits per heavy atom. The van der Waals surface area contributed by atoms with Crippen molar-refractivity contribution in [3.8, 4) is 0 Å². The van der Waals surface area contributed by atoms with Crippen molar-refractivity contribution in [2.24, 2.45) is 11.8 Å². The first-order valence-electron chi connectivity index (χ1n) is 16.1. The number of carbonyl (C=O) groups excluding carboxylic acids is 2. The maximum atomic E-state index is 11.8. The summed E-state index contributed by atoms with van der Waals surface area (Å²) in [5, 5.41) is 19.6. The monoisotopic (exact) mass is 610 g/mol. The number of amides is 2. The van der Waals surface area contributed by atoms with Gasteiger partial charge in [0.25, 0.3) is 0 Å². The lowest BCUT2D eigenvalue weighted by Crippen LogP contribution is -2.49. The van der Waals surface area contributed by atoms with Crippen molar-refractivity contribution in [2.45, 2.75) is 57.3 Å². The Hall–Kier alpha value is -3.18. The van der Waals surface area contributed by atoms with Crippen LogP contribution in [0, 0.1) is 11.8 Å². The molecule has 0 aliphatic carbocycles. The molecule has 2 aromatic rings. The highest BCUT2D eigenvalue weighted by molar-refractivity contribution is 5.67. The van der Waals surface area contributed by atoms with E-state index in [4.69, 9.17) is 14.2 Å². The fourth-order valence-electron chi connectivity index (χ4n) is 5.76. The Kier molecular flexibility index (Phi) is 14.2. The maximum absolute atomic E-state index is 11.8. The molecule has 44 heavy (non-hydrogen) atoms. The lowest BCUT2D eigenvalue weighted by Gasteiger charge is -2.39.